The van der Waals surface area contributed by atoms with Gasteiger partial charge in [0.1, 0.15) is 5.82 Å². The summed E-state index contributed by atoms with van der Waals surface area (Å²) in [5.74, 6) is -0.720. The topological polar surface area (TPSA) is 75.3 Å². The lowest BCUT2D eigenvalue weighted by atomic mass is 10.1. The molecule has 2 aromatic rings. The van der Waals surface area contributed by atoms with Crippen molar-refractivity contribution in [2.75, 3.05) is 4.72 Å². The summed E-state index contributed by atoms with van der Waals surface area (Å²) in [7, 11) is -3.80. The first-order valence-electron chi connectivity index (χ1n) is 7.51. The maximum absolute atomic E-state index is 12.9. The van der Waals surface area contributed by atoms with Gasteiger partial charge in [-0.2, -0.15) is 0 Å². The van der Waals surface area contributed by atoms with E-state index in [9.17, 15) is 17.6 Å². The Balaban J connectivity index is 2.11. The van der Waals surface area contributed by atoms with E-state index in [1.54, 1.807) is 12.1 Å². The van der Waals surface area contributed by atoms with Crippen LogP contribution in [0.3, 0.4) is 0 Å². The van der Waals surface area contributed by atoms with Crippen LogP contribution in [0.15, 0.2) is 53.4 Å². The largest absolute Gasteiger partial charge is 0.350 e. The van der Waals surface area contributed by atoms with Crippen LogP contribution < -0.4 is 10.0 Å². The van der Waals surface area contributed by atoms with Gasteiger partial charge in [0.15, 0.2) is 0 Å². The van der Waals surface area contributed by atoms with Gasteiger partial charge in [-0.25, -0.2) is 12.8 Å². The Hall–Kier alpha value is -2.41. The molecule has 2 aromatic carbocycles. The third-order valence-corrected chi connectivity index (χ3v) is 4.91. The molecule has 0 spiro atoms. The van der Waals surface area contributed by atoms with Crippen molar-refractivity contribution in [3.63, 3.8) is 0 Å². The van der Waals surface area contributed by atoms with Crippen LogP contribution in [0.2, 0.25) is 0 Å². The summed E-state index contributed by atoms with van der Waals surface area (Å²) in [6.45, 7) is 3.88. The van der Waals surface area contributed by atoms with Gasteiger partial charge in [0.25, 0.3) is 15.9 Å². The lowest BCUT2D eigenvalue weighted by Crippen LogP contribution is -2.31. The molecule has 2 N–H and O–H groups in total. The second-order valence-electron chi connectivity index (χ2n) is 5.42. The molecule has 0 aromatic heterocycles. The maximum Gasteiger partial charge on any atom is 0.261 e. The van der Waals surface area contributed by atoms with Crippen molar-refractivity contribution >= 4 is 21.6 Å². The Morgan fingerprint density at radius 3 is 2.21 bits per heavy atom. The number of sulfonamides is 1. The highest BCUT2D eigenvalue weighted by Gasteiger charge is 2.15. The molecule has 128 valence electrons. The highest BCUT2D eigenvalue weighted by Crippen LogP contribution is 2.17. The molecule has 24 heavy (non-hydrogen) atoms. The molecule has 0 aliphatic rings. The zero-order chi connectivity index (χ0) is 17.7. The first-order chi connectivity index (χ1) is 11.3. The zero-order valence-corrected chi connectivity index (χ0v) is 14.2. The molecule has 5 nitrogen and oxygen atoms in total. The molecule has 1 unspecified atom stereocenters. The summed E-state index contributed by atoms with van der Waals surface area (Å²) in [6.07, 6.45) is 0.821. The van der Waals surface area contributed by atoms with Crippen LogP contribution in [0.1, 0.15) is 30.6 Å². The van der Waals surface area contributed by atoms with Crippen molar-refractivity contribution in [3.05, 3.63) is 59.9 Å². The molecule has 0 radical (unpaired) electrons. The monoisotopic (exact) mass is 350 g/mol. The number of rotatable bonds is 6. The number of halogens is 1. The number of nitrogens with one attached hydrogen (secondary N) is 2. The van der Waals surface area contributed by atoms with E-state index in [1.807, 2.05) is 13.8 Å². The molecule has 0 bridgehead atoms. The van der Waals surface area contributed by atoms with Crippen LogP contribution >= 0.6 is 0 Å². The molecular weight excluding hydrogens is 331 g/mol. The molecule has 1 amide bonds. The third-order valence-electron chi connectivity index (χ3n) is 3.51. The van der Waals surface area contributed by atoms with Crippen molar-refractivity contribution < 1.29 is 17.6 Å². The van der Waals surface area contributed by atoms with Gasteiger partial charge < -0.3 is 5.32 Å². The molecule has 7 heteroatoms. The van der Waals surface area contributed by atoms with Crippen LogP contribution in [-0.4, -0.2) is 20.4 Å². The van der Waals surface area contributed by atoms with E-state index >= 15 is 0 Å². The van der Waals surface area contributed by atoms with Crippen LogP contribution in [-0.2, 0) is 10.0 Å². The normalized spacial score (nSPS) is 12.5. The summed E-state index contributed by atoms with van der Waals surface area (Å²) in [5.41, 5.74) is 0.763. The standard InChI is InChI=1S/C17H19FN2O3S/c1-3-12(2)19-17(21)13-4-8-15(9-5-13)20-24(22,23)16-10-6-14(18)7-11-16/h4-12,20H,3H2,1-2H3,(H,19,21). The highest BCUT2D eigenvalue weighted by atomic mass is 32.2. The fourth-order valence-electron chi connectivity index (χ4n) is 1.93. The van der Waals surface area contributed by atoms with Crippen LogP contribution in [0.4, 0.5) is 10.1 Å². The molecule has 1 atom stereocenters. The van der Waals surface area contributed by atoms with E-state index in [0.29, 0.717) is 11.3 Å². The fourth-order valence-corrected chi connectivity index (χ4v) is 2.99. The Morgan fingerprint density at radius 1 is 1.08 bits per heavy atom. The van der Waals surface area contributed by atoms with Crippen molar-refractivity contribution in [2.45, 2.75) is 31.2 Å². The molecular formula is C17H19FN2O3S. The van der Waals surface area contributed by atoms with E-state index in [4.69, 9.17) is 0 Å². The van der Waals surface area contributed by atoms with Gasteiger partial charge in [-0.1, -0.05) is 6.92 Å². The minimum atomic E-state index is -3.80. The molecule has 0 heterocycles. The lowest BCUT2D eigenvalue weighted by Gasteiger charge is -2.12. The van der Waals surface area contributed by atoms with E-state index < -0.39 is 15.8 Å². The van der Waals surface area contributed by atoms with Gasteiger partial charge in [0.2, 0.25) is 0 Å². The number of carbonyl (C=O) groups is 1. The highest BCUT2D eigenvalue weighted by molar-refractivity contribution is 7.92. The number of anilines is 1. The van der Waals surface area contributed by atoms with Gasteiger partial charge >= 0.3 is 0 Å². The number of hydrogen-bond donors (Lipinski definition) is 2. The van der Waals surface area contributed by atoms with Crippen LogP contribution in [0.5, 0.6) is 0 Å². The van der Waals surface area contributed by atoms with Crippen molar-refractivity contribution in [3.8, 4) is 0 Å². The molecule has 0 saturated carbocycles. The van der Waals surface area contributed by atoms with E-state index in [2.05, 4.69) is 10.0 Å². The summed E-state index contributed by atoms with van der Waals surface area (Å²) < 4.78 is 39.7. The quantitative estimate of drug-likeness (QED) is 0.840. The van der Waals surface area contributed by atoms with E-state index in [1.165, 1.54) is 24.3 Å². The molecule has 0 aliphatic heterocycles. The van der Waals surface area contributed by atoms with Crippen LogP contribution in [0.25, 0.3) is 0 Å². The second kappa shape index (κ2) is 7.44. The summed E-state index contributed by atoms with van der Waals surface area (Å²) in [4.78, 5) is 11.9. The summed E-state index contributed by atoms with van der Waals surface area (Å²) in [6, 6.07) is 10.7. The molecule has 0 saturated heterocycles. The predicted molar refractivity (Wildman–Crippen MR) is 90.9 cm³/mol. The van der Waals surface area contributed by atoms with Gasteiger partial charge in [0, 0.05) is 17.3 Å². The molecule has 0 aliphatic carbocycles. The fraction of sp³-hybridized carbons (Fsp3) is 0.235. The Labute approximate surface area is 141 Å². The minimum Gasteiger partial charge on any atom is -0.350 e. The van der Waals surface area contributed by atoms with Gasteiger partial charge in [-0.15, -0.1) is 0 Å². The minimum absolute atomic E-state index is 0.0394. The average molecular weight is 350 g/mol. The summed E-state index contributed by atoms with van der Waals surface area (Å²) in [5, 5.41) is 2.83. The zero-order valence-electron chi connectivity index (χ0n) is 13.4. The Morgan fingerprint density at radius 2 is 1.67 bits per heavy atom. The SMILES string of the molecule is CCC(C)NC(=O)c1ccc(NS(=O)(=O)c2ccc(F)cc2)cc1. The van der Waals surface area contributed by atoms with Gasteiger partial charge in [-0.05, 0) is 61.9 Å². The summed E-state index contributed by atoms with van der Waals surface area (Å²) >= 11 is 0. The van der Waals surface area contributed by atoms with E-state index in [-0.39, 0.29) is 16.8 Å². The number of carbonyl (C=O) groups excluding carboxylic acids is 1. The number of benzene rings is 2. The second-order valence-corrected chi connectivity index (χ2v) is 7.10. The first kappa shape index (κ1) is 17.9. The van der Waals surface area contributed by atoms with Gasteiger partial charge in [0.05, 0.1) is 4.90 Å². The molecule has 2 rings (SSSR count). The third kappa shape index (κ3) is 4.55. The average Bonchev–Trinajstić information content (AvgIpc) is 2.55. The van der Waals surface area contributed by atoms with Crippen molar-refractivity contribution in [1.29, 1.82) is 0 Å². The number of hydrogen-bond acceptors (Lipinski definition) is 3. The number of amides is 1. The Kier molecular flexibility index (Phi) is 5.56. The maximum atomic E-state index is 12.9. The predicted octanol–water partition coefficient (Wildman–Crippen LogP) is 3.15. The smallest absolute Gasteiger partial charge is 0.261 e. The first-order valence-corrected chi connectivity index (χ1v) is 8.99. The van der Waals surface area contributed by atoms with E-state index in [0.717, 1.165) is 18.6 Å². The Bertz CT molecular complexity index is 803. The van der Waals surface area contributed by atoms with Crippen LogP contribution in [0, 0.1) is 5.82 Å². The van der Waals surface area contributed by atoms with Crippen molar-refractivity contribution in [1.82, 2.24) is 5.32 Å². The van der Waals surface area contributed by atoms with Gasteiger partial charge in [-0.3, -0.25) is 9.52 Å². The molecule has 0 fully saturated rings. The lowest BCUT2D eigenvalue weighted by molar-refractivity contribution is 0.0939. The van der Waals surface area contributed by atoms with Crippen molar-refractivity contribution in [2.24, 2.45) is 0 Å².